The van der Waals surface area contributed by atoms with Crippen molar-refractivity contribution in [1.29, 1.82) is 0 Å². The Kier molecular flexibility index (Phi) is 6.32. The zero-order valence-electron chi connectivity index (χ0n) is 12.0. The molecule has 2 N–H and O–H groups in total. The Morgan fingerprint density at radius 3 is 2.59 bits per heavy atom. The van der Waals surface area contributed by atoms with Crippen LogP contribution in [0, 0.1) is 11.8 Å². The molecule has 17 heavy (non-hydrogen) atoms. The van der Waals surface area contributed by atoms with Crippen molar-refractivity contribution in [3.05, 3.63) is 0 Å². The van der Waals surface area contributed by atoms with E-state index < -0.39 is 0 Å². The lowest BCUT2D eigenvalue weighted by atomic mass is 9.94. The van der Waals surface area contributed by atoms with Gasteiger partial charge in [0.15, 0.2) is 0 Å². The third kappa shape index (κ3) is 6.12. The van der Waals surface area contributed by atoms with Crippen molar-refractivity contribution >= 4 is 11.8 Å². The quantitative estimate of drug-likeness (QED) is 0.794. The van der Waals surface area contributed by atoms with Crippen molar-refractivity contribution < 1.29 is 0 Å². The van der Waals surface area contributed by atoms with Crippen LogP contribution >= 0.6 is 11.8 Å². The average Bonchev–Trinajstić information content (AvgIpc) is 2.22. The lowest BCUT2D eigenvalue weighted by Gasteiger charge is -2.38. The Morgan fingerprint density at radius 1 is 1.35 bits per heavy atom. The molecule has 1 atom stereocenters. The molecule has 1 fully saturated rings. The van der Waals surface area contributed by atoms with Gasteiger partial charge < -0.3 is 10.6 Å². The summed E-state index contributed by atoms with van der Waals surface area (Å²) in [5.74, 6) is 2.77. The molecule has 0 bridgehead atoms. The monoisotopic (exact) mass is 258 g/mol. The predicted octanol–water partition coefficient (Wildman–Crippen LogP) is 2.82. The molecule has 0 aliphatic carbocycles. The SMILES string of the molecule is CC(C)CC(CN)CCN1CCSC(C)(C)C1. The molecule has 102 valence electrons. The number of nitrogens with two attached hydrogens (primary N) is 1. The Labute approximate surface area is 112 Å². The topological polar surface area (TPSA) is 29.3 Å². The van der Waals surface area contributed by atoms with Crippen molar-refractivity contribution in [3.8, 4) is 0 Å². The van der Waals surface area contributed by atoms with Crippen LogP contribution in [0.15, 0.2) is 0 Å². The number of thioether (sulfide) groups is 1. The number of nitrogens with zero attached hydrogens (tertiary/aromatic N) is 1. The summed E-state index contributed by atoms with van der Waals surface area (Å²) < 4.78 is 0.439. The fourth-order valence-electron chi connectivity index (χ4n) is 2.67. The minimum atomic E-state index is 0.439. The lowest BCUT2D eigenvalue weighted by Crippen LogP contribution is -2.44. The maximum absolute atomic E-state index is 5.87. The molecule has 1 rings (SSSR count). The first-order chi connectivity index (χ1) is 7.93. The molecule has 0 aromatic rings. The van der Waals surface area contributed by atoms with Crippen LogP contribution in [0.1, 0.15) is 40.5 Å². The van der Waals surface area contributed by atoms with Crippen molar-refractivity contribution in [2.45, 2.75) is 45.3 Å². The van der Waals surface area contributed by atoms with Crippen LogP contribution in [-0.2, 0) is 0 Å². The summed E-state index contributed by atoms with van der Waals surface area (Å²) in [6.07, 6.45) is 2.55. The second-order valence-electron chi connectivity index (χ2n) is 6.40. The van der Waals surface area contributed by atoms with Crippen molar-refractivity contribution in [3.63, 3.8) is 0 Å². The first-order valence-electron chi connectivity index (χ1n) is 6.99. The Morgan fingerprint density at radius 2 is 2.06 bits per heavy atom. The van der Waals surface area contributed by atoms with E-state index in [4.69, 9.17) is 5.73 Å². The van der Waals surface area contributed by atoms with E-state index in [0.29, 0.717) is 10.7 Å². The molecule has 0 amide bonds. The molecular formula is C14H30N2S. The van der Waals surface area contributed by atoms with Gasteiger partial charge >= 0.3 is 0 Å². The summed E-state index contributed by atoms with van der Waals surface area (Å²) in [5, 5.41) is 0. The van der Waals surface area contributed by atoms with E-state index in [1.54, 1.807) is 0 Å². The molecule has 3 heteroatoms. The van der Waals surface area contributed by atoms with Crippen LogP contribution in [0.2, 0.25) is 0 Å². The second kappa shape index (κ2) is 7.01. The third-order valence-corrected chi connectivity index (χ3v) is 4.79. The minimum Gasteiger partial charge on any atom is -0.330 e. The van der Waals surface area contributed by atoms with Crippen molar-refractivity contribution in [2.24, 2.45) is 17.6 Å². The fourth-order valence-corrected chi connectivity index (χ4v) is 3.84. The zero-order chi connectivity index (χ0) is 12.9. The van der Waals surface area contributed by atoms with E-state index >= 15 is 0 Å². The van der Waals surface area contributed by atoms with Crippen LogP contribution < -0.4 is 5.73 Å². The molecule has 1 aliphatic rings. The zero-order valence-corrected chi connectivity index (χ0v) is 12.9. The van der Waals surface area contributed by atoms with Crippen LogP contribution in [0.5, 0.6) is 0 Å². The summed E-state index contributed by atoms with van der Waals surface area (Å²) in [6, 6.07) is 0. The molecule has 1 aliphatic heterocycles. The third-order valence-electron chi connectivity index (χ3n) is 3.50. The molecule has 0 aromatic carbocycles. The van der Waals surface area contributed by atoms with Gasteiger partial charge in [-0.3, -0.25) is 0 Å². The molecule has 0 spiro atoms. The van der Waals surface area contributed by atoms with Gasteiger partial charge in [-0.25, -0.2) is 0 Å². The molecule has 0 radical (unpaired) electrons. The fraction of sp³-hybridized carbons (Fsp3) is 1.00. The second-order valence-corrected chi connectivity index (χ2v) is 8.21. The molecule has 2 nitrogen and oxygen atoms in total. The summed E-state index contributed by atoms with van der Waals surface area (Å²) in [7, 11) is 0. The molecule has 0 aromatic heterocycles. The average molecular weight is 258 g/mol. The molecule has 0 saturated carbocycles. The highest BCUT2D eigenvalue weighted by Gasteiger charge is 2.26. The van der Waals surface area contributed by atoms with E-state index in [1.807, 2.05) is 0 Å². The van der Waals surface area contributed by atoms with Crippen LogP contribution in [0.25, 0.3) is 0 Å². The van der Waals surface area contributed by atoms with Gasteiger partial charge in [-0.15, -0.1) is 0 Å². The molecule has 1 heterocycles. The van der Waals surface area contributed by atoms with E-state index in [9.17, 15) is 0 Å². The Hall–Kier alpha value is 0.270. The minimum absolute atomic E-state index is 0.439. The molecular weight excluding hydrogens is 228 g/mol. The van der Waals surface area contributed by atoms with E-state index in [-0.39, 0.29) is 0 Å². The van der Waals surface area contributed by atoms with Gasteiger partial charge in [-0.05, 0) is 51.6 Å². The van der Waals surface area contributed by atoms with Gasteiger partial charge in [-0.1, -0.05) is 13.8 Å². The predicted molar refractivity (Wildman–Crippen MR) is 79.6 cm³/mol. The molecule has 1 saturated heterocycles. The summed E-state index contributed by atoms with van der Waals surface area (Å²) in [6.45, 7) is 13.9. The van der Waals surface area contributed by atoms with E-state index in [2.05, 4.69) is 44.4 Å². The largest absolute Gasteiger partial charge is 0.330 e. The molecule has 1 unspecified atom stereocenters. The van der Waals surface area contributed by atoms with Gasteiger partial charge in [0.25, 0.3) is 0 Å². The Bertz CT molecular complexity index is 216. The van der Waals surface area contributed by atoms with E-state index in [0.717, 1.165) is 12.5 Å². The van der Waals surface area contributed by atoms with Gasteiger partial charge in [0, 0.05) is 23.6 Å². The summed E-state index contributed by atoms with van der Waals surface area (Å²) in [4.78, 5) is 2.62. The highest BCUT2D eigenvalue weighted by molar-refractivity contribution is 8.00. The first kappa shape index (κ1) is 15.3. The van der Waals surface area contributed by atoms with Crippen molar-refractivity contribution in [1.82, 2.24) is 4.90 Å². The standard InChI is InChI=1S/C14H30N2S/c1-12(2)9-13(10-15)5-6-16-7-8-17-14(3,4)11-16/h12-13H,5-11,15H2,1-4H3. The summed E-state index contributed by atoms with van der Waals surface area (Å²) in [5.41, 5.74) is 5.87. The highest BCUT2D eigenvalue weighted by atomic mass is 32.2. The smallest absolute Gasteiger partial charge is 0.0231 e. The normalized spacial score (nSPS) is 22.9. The lowest BCUT2D eigenvalue weighted by molar-refractivity contribution is 0.233. The highest BCUT2D eigenvalue weighted by Crippen LogP contribution is 2.29. The first-order valence-corrected chi connectivity index (χ1v) is 7.98. The maximum Gasteiger partial charge on any atom is 0.0231 e. The number of hydrogen-bond donors (Lipinski definition) is 1. The Balaban J connectivity index is 2.28. The van der Waals surface area contributed by atoms with Crippen LogP contribution in [-0.4, -0.2) is 41.6 Å². The van der Waals surface area contributed by atoms with Gasteiger partial charge in [0.2, 0.25) is 0 Å². The maximum atomic E-state index is 5.87. The van der Waals surface area contributed by atoms with Gasteiger partial charge in [-0.2, -0.15) is 11.8 Å². The number of rotatable bonds is 6. The summed E-state index contributed by atoms with van der Waals surface area (Å²) >= 11 is 2.11. The van der Waals surface area contributed by atoms with Crippen LogP contribution in [0.4, 0.5) is 0 Å². The van der Waals surface area contributed by atoms with Crippen LogP contribution in [0.3, 0.4) is 0 Å². The van der Waals surface area contributed by atoms with E-state index in [1.165, 1.54) is 38.2 Å². The van der Waals surface area contributed by atoms with Gasteiger partial charge in [0.1, 0.15) is 0 Å². The van der Waals surface area contributed by atoms with Crippen molar-refractivity contribution in [2.75, 3.05) is 31.9 Å². The van der Waals surface area contributed by atoms with Gasteiger partial charge in [0.05, 0.1) is 0 Å². The number of hydrogen-bond acceptors (Lipinski definition) is 3.